The molecule has 2 saturated carbocycles. The summed E-state index contributed by atoms with van der Waals surface area (Å²) in [5.74, 6) is 3.17. The first-order valence-corrected chi connectivity index (χ1v) is 8.07. The minimum absolute atomic E-state index is 0.355. The number of rotatable bonds is 3. The van der Waals surface area contributed by atoms with Gasteiger partial charge in [-0.2, -0.15) is 0 Å². The molecule has 2 nitrogen and oxygen atoms in total. The molecule has 0 radical (unpaired) electrons. The highest BCUT2D eigenvalue weighted by atomic mass is 15.3. The van der Waals surface area contributed by atoms with E-state index in [-0.39, 0.29) is 0 Å². The molecule has 0 aromatic carbocycles. The number of nitrogens with one attached hydrogen (secondary N) is 1. The van der Waals surface area contributed by atoms with Crippen molar-refractivity contribution in [1.82, 2.24) is 10.2 Å². The van der Waals surface area contributed by atoms with Crippen LogP contribution in [0.1, 0.15) is 52.9 Å². The molecule has 18 heavy (non-hydrogen) atoms. The molecule has 3 rings (SSSR count). The lowest BCUT2D eigenvalue weighted by molar-refractivity contribution is 0.0405. The molecular weight excluding hydrogens is 220 g/mol. The molecule has 104 valence electrons. The van der Waals surface area contributed by atoms with Gasteiger partial charge in [-0.25, -0.2) is 0 Å². The van der Waals surface area contributed by atoms with Crippen molar-refractivity contribution in [1.29, 1.82) is 0 Å². The molecule has 1 heterocycles. The minimum atomic E-state index is 0.355. The molecule has 0 amide bonds. The summed E-state index contributed by atoms with van der Waals surface area (Å²) in [6.07, 6.45) is 7.40. The Hall–Kier alpha value is -0.0800. The Morgan fingerprint density at radius 1 is 1.22 bits per heavy atom. The van der Waals surface area contributed by atoms with Crippen molar-refractivity contribution in [2.75, 3.05) is 19.6 Å². The highest BCUT2D eigenvalue weighted by Gasteiger charge is 2.42. The first-order valence-electron chi connectivity index (χ1n) is 8.07. The minimum Gasteiger partial charge on any atom is -0.311 e. The van der Waals surface area contributed by atoms with Gasteiger partial charge >= 0.3 is 0 Å². The standard InChI is InChI=1S/C16H30N2/c1-4-15-10-18(16(2,3)11-17-15)9-14-8-12-5-6-13(14)7-12/h12-15,17H,4-11H2,1-3H3. The van der Waals surface area contributed by atoms with Crippen LogP contribution in [0.4, 0.5) is 0 Å². The molecule has 2 heteroatoms. The number of fused-ring (bicyclic) bond motifs is 2. The van der Waals surface area contributed by atoms with E-state index in [1.54, 1.807) is 6.42 Å². The van der Waals surface area contributed by atoms with Gasteiger partial charge in [0, 0.05) is 31.2 Å². The van der Waals surface area contributed by atoms with Gasteiger partial charge in [-0.3, -0.25) is 4.90 Å². The second kappa shape index (κ2) is 4.79. The van der Waals surface area contributed by atoms with Crippen LogP contribution in [-0.4, -0.2) is 36.1 Å². The van der Waals surface area contributed by atoms with E-state index in [0.29, 0.717) is 5.54 Å². The van der Waals surface area contributed by atoms with Crippen LogP contribution < -0.4 is 5.32 Å². The first kappa shape index (κ1) is 12.9. The maximum absolute atomic E-state index is 3.71. The zero-order valence-corrected chi connectivity index (χ0v) is 12.4. The van der Waals surface area contributed by atoms with Crippen molar-refractivity contribution in [2.45, 2.75) is 64.5 Å². The molecule has 2 aliphatic carbocycles. The van der Waals surface area contributed by atoms with Gasteiger partial charge in [-0.15, -0.1) is 0 Å². The third-order valence-corrected chi connectivity index (χ3v) is 5.95. The highest BCUT2D eigenvalue weighted by molar-refractivity contribution is 4.97. The Kier molecular flexibility index (Phi) is 3.44. The fourth-order valence-electron chi connectivity index (χ4n) is 4.56. The predicted molar refractivity (Wildman–Crippen MR) is 76.7 cm³/mol. The summed E-state index contributed by atoms with van der Waals surface area (Å²) in [6, 6.07) is 0.719. The van der Waals surface area contributed by atoms with E-state index in [4.69, 9.17) is 0 Å². The summed E-state index contributed by atoms with van der Waals surface area (Å²) in [7, 11) is 0. The highest BCUT2D eigenvalue weighted by Crippen LogP contribution is 2.48. The average molecular weight is 250 g/mol. The zero-order chi connectivity index (χ0) is 12.8. The van der Waals surface area contributed by atoms with Gasteiger partial charge < -0.3 is 5.32 Å². The lowest BCUT2D eigenvalue weighted by Crippen LogP contribution is -2.62. The molecule has 1 N–H and O–H groups in total. The normalized spacial score (nSPS) is 43.5. The van der Waals surface area contributed by atoms with E-state index in [1.807, 2.05) is 0 Å². The first-order chi connectivity index (χ1) is 8.58. The topological polar surface area (TPSA) is 15.3 Å². The second-order valence-electron chi connectivity index (χ2n) is 7.64. The second-order valence-corrected chi connectivity index (χ2v) is 7.64. The van der Waals surface area contributed by atoms with E-state index in [0.717, 1.165) is 30.3 Å². The smallest absolute Gasteiger partial charge is 0.0278 e. The average Bonchev–Trinajstić information content (AvgIpc) is 2.94. The molecule has 0 aromatic rings. The Morgan fingerprint density at radius 3 is 2.67 bits per heavy atom. The maximum Gasteiger partial charge on any atom is 0.0278 e. The van der Waals surface area contributed by atoms with Crippen LogP contribution in [0.25, 0.3) is 0 Å². The Labute approximate surface area is 113 Å². The summed E-state index contributed by atoms with van der Waals surface area (Å²) < 4.78 is 0. The summed E-state index contributed by atoms with van der Waals surface area (Å²) in [5, 5.41) is 3.71. The number of hydrogen-bond donors (Lipinski definition) is 1. The molecule has 3 fully saturated rings. The van der Waals surface area contributed by atoms with E-state index >= 15 is 0 Å². The van der Waals surface area contributed by atoms with Crippen molar-refractivity contribution in [2.24, 2.45) is 17.8 Å². The van der Waals surface area contributed by atoms with E-state index in [9.17, 15) is 0 Å². The van der Waals surface area contributed by atoms with Gasteiger partial charge in [0.2, 0.25) is 0 Å². The molecule has 1 saturated heterocycles. The van der Waals surface area contributed by atoms with Gasteiger partial charge in [0.25, 0.3) is 0 Å². The van der Waals surface area contributed by atoms with Gasteiger partial charge in [-0.1, -0.05) is 13.3 Å². The van der Waals surface area contributed by atoms with Gasteiger partial charge in [-0.05, 0) is 57.3 Å². The molecular formula is C16H30N2. The molecule has 4 unspecified atom stereocenters. The van der Waals surface area contributed by atoms with Crippen LogP contribution in [0.15, 0.2) is 0 Å². The zero-order valence-electron chi connectivity index (χ0n) is 12.4. The SMILES string of the molecule is CCC1CN(CC2CC3CCC2C3)C(C)(C)CN1. The van der Waals surface area contributed by atoms with Crippen molar-refractivity contribution >= 4 is 0 Å². The molecule has 4 atom stereocenters. The Balaban J connectivity index is 1.62. The third-order valence-electron chi connectivity index (χ3n) is 5.95. The van der Waals surface area contributed by atoms with Crippen LogP contribution in [0.5, 0.6) is 0 Å². The Bertz CT molecular complexity index is 299. The lowest BCUT2D eigenvalue weighted by Gasteiger charge is -2.47. The number of piperazine rings is 1. The molecule has 1 aliphatic heterocycles. The third kappa shape index (κ3) is 2.34. The van der Waals surface area contributed by atoms with Crippen LogP contribution in [0.3, 0.4) is 0 Å². The van der Waals surface area contributed by atoms with Crippen LogP contribution >= 0.6 is 0 Å². The molecule has 0 spiro atoms. The van der Waals surface area contributed by atoms with Crippen LogP contribution in [0.2, 0.25) is 0 Å². The van der Waals surface area contributed by atoms with Crippen molar-refractivity contribution in [3.63, 3.8) is 0 Å². The molecule has 0 aromatic heterocycles. The van der Waals surface area contributed by atoms with Gasteiger partial charge in [0.05, 0.1) is 0 Å². The quantitative estimate of drug-likeness (QED) is 0.828. The number of nitrogens with zero attached hydrogens (tertiary/aromatic N) is 1. The fraction of sp³-hybridized carbons (Fsp3) is 1.00. The predicted octanol–water partition coefficient (Wildman–Crippen LogP) is 2.89. The maximum atomic E-state index is 3.71. The van der Waals surface area contributed by atoms with Crippen molar-refractivity contribution in [3.8, 4) is 0 Å². The van der Waals surface area contributed by atoms with E-state index in [2.05, 4.69) is 31.0 Å². The summed E-state index contributed by atoms with van der Waals surface area (Å²) >= 11 is 0. The lowest BCUT2D eigenvalue weighted by atomic mass is 9.86. The van der Waals surface area contributed by atoms with Crippen molar-refractivity contribution in [3.05, 3.63) is 0 Å². The van der Waals surface area contributed by atoms with Gasteiger partial charge in [0.1, 0.15) is 0 Å². The van der Waals surface area contributed by atoms with Crippen LogP contribution in [-0.2, 0) is 0 Å². The summed E-state index contributed by atoms with van der Waals surface area (Å²) in [5.41, 5.74) is 0.355. The van der Waals surface area contributed by atoms with Crippen molar-refractivity contribution < 1.29 is 0 Å². The summed E-state index contributed by atoms with van der Waals surface area (Å²) in [4.78, 5) is 2.79. The summed E-state index contributed by atoms with van der Waals surface area (Å²) in [6.45, 7) is 10.9. The largest absolute Gasteiger partial charge is 0.311 e. The number of hydrogen-bond acceptors (Lipinski definition) is 2. The van der Waals surface area contributed by atoms with E-state index in [1.165, 1.54) is 38.8 Å². The molecule has 2 bridgehead atoms. The van der Waals surface area contributed by atoms with Gasteiger partial charge in [0.15, 0.2) is 0 Å². The monoisotopic (exact) mass is 250 g/mol. The Morgan fingerprint density at radius 2 is 2.06 bits per heavy atom. The molecule has 3 aliphatic rings. The van der Waals surface area contributed by atoms with E-state index < -0.39 is 0 Å². The van der Waals surface area contributed by atoms with Crippen LogP contribution in [0, 0.1) is 17.8 Å². The fourth-order valence-corrected chi connectivity index (χ4v) is 4.56.